The molecule has 1 aromatic rings. The van der Waals surface area contributed by atoms with Crippen molar-refractivity contribution >= 4 is 5.96 Å². The van der Waals surface area contributed by atoms with Gasteiger partial charge in [-0.2, -0.15) is 0 Å². The van der Waals surface area contributed by atoms with E-state index < -0.39 is 0 Å². The Labute approximate surface area is 157 Å². The molecule has 0 spiro atoms. The van der Waals surface area contributed by atoms with Crippen molar-refractivity contribution < 1.29 is 4.74 Å². The van der Waals surface area contributed by atoms with Crippen LogP contribution in [0, 0.1) is 5.92 Å². The number of guanidine groups is 1. The lowest BCUT2D eigenvalue weighted by atomic mass is 9.93. The highest BCUT2D eigenvalue weighted by molar-refractivity contribution is 5.80. The van der Waals surface area contributed by atoms with E-state index in [1.54, 1.807) is 0 Å². The number of hydrogen-bond acceptors (Lipinski definition) is 4. The molecule has 2 fully saturated rings. The third-order valence-electron chi connectivity index (χ3n) is 5.82. The van der Waals surface area contributed by atoms with E-state index in [0.29, 0.717) is 12.0 Å². The second-order valence-corrected chi connectivity index (χ2v) is 8.12. The molecule has 7 nitrogen and oxygen atoms in total. The van der Waals surface area contributed by atoms with E-state index in [9.17, 15) is 0 Å². The average Bonchev–Trinajstić information content (AvgIpc) is 3.15. The van der Waals surface area contributed by atoms with Crippen LogP contribution >= 0.6 is 0 Å². The number of aromatic nitrogens is 2. The third-order valence-corrected chi connectivity index (χ3v) is 5.82. The van der Waals surface area contributed by atoms with Crippen LogP contribution in [-0.4, -0.2) is 83.8 Å². The molecule has 2 aliphatic rings. The minimum atomic E-state index is 0.108. The molecular formula is C19H34N6O. The van der Waals surface area contributed by atoms with Gasteiger partial charge >= 0.3 is 0 Å². The molecular weight excluding hydrogens is 328 g/mol. The first-order valence-corrected chi connectivity index (χ1v) is 9.77. The van der Waals surface area contributed by atoms with Crippen LogP contribution in [0.2, 0.25) is 0 Å². The zero-order valence-electron chi connectivity index (χ0n) is 16.7. The van der Waals surface area contributed by atoms with Crippen molar-refractivity contribution in [1.82, 2.24) is 24.7 Å². The standard InChI is InChI=1S/C19H34N6O/c1-16-5-8-23(13-17(16)24-9-6-21-15-24)18(20-4)22-7-10-25-11-12-26-14-19(25,2)3/h6,9,15-17H,5,7-8,10-14H2,1-4H3,(H,20,22). The second-order valence-electron chi connectivity index (χ2n) is 8.12. The molecule has 7 heteroatoms. The summed E-state index contributed by atoms with van der Waals surface area (Å²) in [6.07, 6.45) is 7.03. The van der Waals surface area contributed by atoms with Crippen LogP contribution in [0.5, 0.6) is 0 Å². The largest absolute Gasteiger partial charge is 0.378 e. The summed E-state index contributed by atoms with van der Waals surface area (Å²) in [6.45, 7) is 13.4. The number of rotatable bonds is 4. The third kappa shape index (κ3) is 4.38. The summed E-state index contributed by atoms with van der Waals surface area (Å²) >= 11 is 0. The number of piperidine rings is 1. The molecule has 2 aliphatic heterocycles. The first kappa shape index (κ1) is 19.2. The van der Waals surface area contributed by atoms with Crippen LogP contribution in [-0.2, 0) is 4.74 Å². The van der Waals surface area contributed by atoms with Gasteiger partial charge in [-0.15, -0.1) is 0 Å². The number of morpholine rings is 1. The van der Waals surface area contributed by atoms with Crippen LogP contribution < -0.4 is 5.32 Å². The maximum Gasteiger partial charge on any atom is 0.193 e. The molecule has 3 heterocycles. The highest BCUT2D eigenvalue weighted by Gasteiger charge is 2.31. The number of aliphatic imine (C=N–C) groups is 1. The normalized spacial score (nSPS) is 27.5. The molecule has 2 unspecified atom stereocenters. The van der Waals surface area contributed by atoms with Gasteiger partial charge in [0, 0.05) is 57.7 Å². The number of hydrogen-bond donors (Lipinski definition) is 1. The van der Waals surface area contributed by atoms with Crippen molar-refractivity contribution in [2.45, 2.75) is 38.8 Å². The van der Waals surface area contributed by atoms with E-state index >= 15 is 0 Å². The van der Waals surface area contributed by atoms with Crippen molar-refractivity contribution in [3.8, 4) is 0 Å². The molecule has 0 bridgehead atoms. The Kier molecular flexibility index (Phi) is 6.19. The minimum Gasteiger partial charge on any atom is -0.378 e. The van der Waals surface area contributed by atoms with Gasteiger partial charge in [-0.3, -0.25) is 9.89 Å². The summed E-state index contributed by atoms with van der Waals surface area (Å²) in [5, 5.41) is 3.57. The fourth-order valence-electron chi connectivity index (χ4n) is 4.04. The van der Waals surface area contributed by atoms with Gasteiger partial charge in [0.05, 0.1) is 25.6 Å². The van der Waals surface area contributed by atoms with Gasteiger partial charge < -0.3 is 19.5 Å². The average molecular weight is 363 g/mol. The molecule has 26 heavy (non-hydrogen) atoms. The Bertz CT molecular complexity index is 585. The van der Waals surface area contributed by atoms with Crippen molar-refractivity contribution in [3.63, 3.8) is 0 Å². The molecule has 1 aromatic heterocycles. The van der Waals surface area contributed by atoms with E-state index in [0.717, 1.165) is 51.9 Å². The Hall–Kier alpha value is -1.60. The molecule has 0 saturated carbocycles. The van der Waals surface area contributed by atoms with E-state index in [4.69, 9.17) is 4.74 Å². The number of likely N-dealkylation sites (tertiary alicyclic amines) is 1. The predicted molar refractivity (Wildman–Crippen MR) is 104 cm³/mol. The van der Waals surface area contributed by atoms with E-state index in [1.807, 2.05) is 19.6 Å². The fraction of sp³-hybridized carbons (Fsp3) is 0.789. The second kappa shape index (κ2) is 8.39. The maximum absolute atomic E-state index is 5.61. The summed E-state index contributed by atoms with van der Waals surface area (Å²) in [4.78, 5) is 13.6. The zero-order chi connectivity index (χ0) is 18.6. The smallest absolute Gasteiger partial charge is 0.193 e. The molecule has 0 amide bonds. The molecule has 2 saturated heterocycles. The highest BCUT2D eigenvalue weighted by atomic mass is 16.5. The summed E-state index contributed by atoms with van der Waals surface area (Å²) in [5.41, 5.74) is 0.108. The lowest BCUT2D eigenvalue weighted by molar-refractivity contribution is -0.0497. The van der Waals surface area contributed by atoms with Crippen LogP contribution in [0.1, 0.15) is 33.2 Å². The minimum absolute atomic E-state index is 0.108. The van der Waals surface area contributed by atoms with Crippen molar-refractivity contribution in [3.05, 3.63) is 18.7 Å². The number of nitrogens with one attached hydrogen (secondary N) is 1. The Morgan fingerprint density at radius 1 is 1.38 bits per heavy atom. The van der Waals surface area contributed by atoms with Crippen LogP contribution in [0.4, 0.5) is 0 Å². The van der Waals surface area contributed by atoms with Crippen LogP contribution in [0.15, 0.2) is 23.7 Å². The van der Waals surface area contributed by atoms with Gasteiger partial charge in [0.1, 0.15) is 0 Å². The lowest BCUT2D eigenvalue weighted by Gasteiger charge is -2.42. The molecule has 0 aliphatic carbocycles. The van der Waals surface area contributed by atoms with Gasteiger partial charge in [0.15, 0.2) is 5.96 Å². The molecule has 0 aromatic carbocycles. The quantitative estimate of drug-likeness (QED) is 0.649. The maximum atomic E-state index is 5.61. The molecule has 1 N–H and O–H groups in total. The summed E-state index contributed by atoms with van der Waals surface area (Å²) in [5.74, 6) is 1.65. The Morgan fingerprint density at radius 3 is 2.92 bits per heavy atom. The van der Waals surface area contributed by atoms with E-state index in [-0.39, 0.29) is 5.54 Å². The first-order valence-electron chi connectivity index (χ1n) is 9.77. The topological polar surface area (TPSA) is 57.9 Å². The van der Waals surface area contributed by atoms with Gasteiger partial charge in [-0.25, -0.2) is 4.98 Å². The van der Waals surface area contributed by atoms with Crippen molar-refractivity contribution in [2.75, 3.05) is 53.0 Å². The van der Waals surface area contributed by atoms with Gasteiger partial charge in [0.2, 0.25) is 0 Å². The van der Waals surface area contributed by atoms with Gasteiger partial charge in [-0.1, -0.05) is 6.92 Å². The van der Waals surface area contributed by atoms with Crippen molar-refractivity contribution in [2.24, 2.45) is 10.9 Å². The lowest BCUT2D eigenvalue weighted by Crippen LogP contribution is -2.56. The summed E-state index contributed by atoms with van der Waals surface area (Å²) < 4.78 is 7.85. The Morgan fingerprint density at radius 2 is 2.23 bits per heavy atom. The number of nitrogens with zero attached hydrogens (tertiary/aromatic N) is 5. The van der Waals surface area contributed by atoms with Gasteiger partial charge in [-0.05, 0) is 26.2 Å². The zero-order valence-corrected chi connectivity index (χ0v) is 16.7. The van der Waals surface area contributed by atoms with Crippen LogP contribution in [0.3, 0.4) is 0 Å². The molecule has 146 valence electrons. The van der Waals surface area contributed by atoms with Crippen LogP contribution in [0.25, 0.3) is 0 Å². The van der Waals surface area contributed by atoms with Crippen molar-refractivity contribution in [1.29, 1.82) is 0 Å². The summed E-state index contributed by atoms with van der Waals surface area (Å²) in [7, 11) is 1.88. The highest BCUT2D eigenvalue weighted by Crippen LogP contribution is 2.27. The Balaban J connectivity index is 1.54. The SMILES string of the molecule is CN=C(NCCN1CCOCC1(C)C)N1CCC(C)C(n2ccnc2)C1. The fourth-order valence-corrected chi connectivity index (χ4v) is 4.04. The number of imidazole rings is 1. The first-order chi connectivity index (χ1) is 12.5. The van der Waals surface area contributed by atoms with E-state index in [2.05, 4.69) is 56.6 Å². The molecule has 3 rings (SSSR count). The van der Waals surface area contributed by atoms with E-state index in [1.165, 1.54) is 6.42 Å². The molecule has 0 radical (unpaired) electrons. The predicted octanol–water partition coefficient (Wildman–Crippen LogP) is 1.45. The number of ether oxygens (including phenoxy) is 1. The summed E-state index contributed by atoms with van der Waals surface area (Å²) in [6, 6.07) is 0.447. The van der Waals surface area contributed by atoms with Gasteiger partial charge in [0.25, 0.3) is 0 Å². The molecule has 2 atom stereocenters. The monoisotopic (exact) mass is 362 g/mol.